The molecule has 0 radical (unpaired) electrons. The van der Waals surface area contributed by atoms with Crippen molar-refractivity contribution in [2.75, 3.05) is 10.6 Å². The van der Waals surface area contributed by atoms with E-state index in [0.29, 0.717) is 27.8 Å². The van der Waals surface area contributed by atoms with E-state index in [1.807, 2.05) is 12.1 Å². The molecule has 148 valence electrons. The van der Waals surface area contributed by atoms with E-state index in [2.05, 4.69) is 33.1 Å². The Balaban J connectivity index is 1.91. The molecule has 0 atom stereocenters. The van der Waals surface area contributed by atoms with Crippen molar-refractivity contribution in [3.05, 3.63) is 62.3 Å². The summed E-state index contributed by atoms with van der Waals surface area (Å²) in [5.41, 5.74) is 1.57. The van der Waals surface area contributed by atoms with Gasteiger partial charge in [0.25, 0.3) is 10.8 Å². The minimum atomic E-state index is -0.151. The summed E-state index contributed by atoms with van der Waals surface area (Å²) in [4.78, 5) is 25.1. The molecule has 1 fully saturated rings. The van der Waals surface area contributed by atoms with Gasteiger partial charge in [-0.15, -0.1) is 6.58 Å². The number of anilines is 3. The molecular formula is C20H21BrClN3O2S. The highest BCUT2D eigenvalue weighted by Crippen LogP contribution is 2.52. The van der Waals surface area contributed by atoms with E-state index in [1.54, 1.807) is 32.2 Å². The topological polar surface area (TPSA) is 63.1 Å². The van der Waals surface area contributed by atoms with Crippen LogP contribution in [-0.4, -0.2) is 14.6 Å². The molecule has 1 amide bonds. The Labute approximate surface area is 181 Å². The molecule has 28 heavy (non-hydrogen) atoms. The minimum Gasteiger partial charge on any atom is -0.339 e. The standard InChI is InChI=1S/C20H21BrClN3O2S/c1-4-7-20(8-9-20)28-19(27)24-16-10-12(2)18(26)25(3)17(16)23-15-6-5-13(21)11-14(15)22/h4-6,10-11,23H,1,7-9H2,2-3H3,(H,24,27). The molecule has 0 aliphatic heterocycles. The van der Waals surface area contributed by atoms with Gasteiger partial charge < -0.3 is 10.6 Å². The summed E-state index contributed by atoms with van der Waals surface area (Å²) in [5.74, 6) is 0.474. The second-order valence-corrected chi connectivity index (χ2v) is 9.66. The van der Waals surface area contributed by atoms with Gasteiger partial charge in [0.05, 0.1) is 16.4 Å². The maximum Gasteiger partial charge on any atom is 0.284 e. The lowest BCUT2D eigenvalue weighted by Gasteiger charge is -2.19. The average molecular weight is 483 g/mol. The van der Waals surface area contributed by atoms with E-state index in [1.165, 1.54) is 16.3 Å². The van der Waals surface area contributed by atoms with Crippen LogP contribution in [0.4, 0.5) is 22.0 Å². The number of hydrogen-bond acceptors (Lipinski definition) is 4. The molecule has 2 aromatic rings. The van der Waals surface area contributed by atoms with E-state index in [9.17, 15) is 9.59 Å². The lowest BCUT2D eigenvalue weighted by atomic mass is 10.2. The first kappa shape index (κ1) is 21.0. The highest BCUT2D eigenvalue weighted by atomic mass is 79.9. The lowest BCUT2D eigenvalue weighted by Crippen LogP contribution is -2.24. The minimum absolute atomic E-state index is 0.0376. The molecule has 1 heterocycles. The van der Waals surface area contributed by atoms with Gasteiger partial charge in [-0.3, -0.25) is 14.2 Å². The van der Waals surface area contributed by atoms with Crippen molar-refractivity contribution in [1.29, 1.82) is 0 Å². The molecule has 1 aliphatic rings. The summed E-state index contributed by atoms with van der Waals surface area (Å²) in [5, 5.41) is 6.47. The van der Waals surface area contributed by atoms with Gasteiger partial charge in [-0.05, 0) is 50.5 Å². The number of pyridine rings is 1. The van der Waals surface area contributed by atoms with Crippen LogP contribution in [0.25, 0.3) is 0 Å². The van der Waals surface area contributed by atoms with Crippen molar-refractivity contribution in [3.63, 3.8) is 0 Å². The third-order valence-electron chi connectivity index (χ3n) is 4.65. The quantitative estimate of drug-likeness (QED) is 0.479. The number of aryl methyl sites for hydroxylation is 1. The number of carbonyl (C=O) groups is 1. The van der Waals surface area contributed by atoms with E-state index in [-0.39, 0.29) is 15.5 Å². The molecule has 2 N–H and O–H groups in total. The highest BCUT2D eigenvalue weighted by Gasteiger charge is 2.44. The summed E-state index contributed by atoms with van der Waals surface area (Å²) in [7, 11) is 1.66. The van der Waals surface area contributed by atoms with Crippen LogP contribution in [0.1, 0.15) is 24.8 Å². The molecule has 8 heteroatoms. The molecule has 5 nitrogen and oxygen atoms in total. The van der Waals surface area contributed by atoms with E-state index in [4.69, 9.17) is 11.6 Å². The predicted octanol–water partition coefficient (Wildman–Crippen LogP) is 6.23. The summed E-state index contributed by atoms with van der Waals surface area (Å²) >= 11 is 11.0. The van der Waals surface area contributed by atoms with Crippen molar-refractivity contribution in [2.45, 2.75) is 30.9 Å². The zero-order valence-corrected chi connectivity index (χ0v) is 18.8. The van der Waals surface area contributed by atoms with Crippen molar-refractivity contribution in [3.8, 4) is 0 Å². The van der Waals surface area contributed by atoms with Crippen molar-refractivity contribution in [2.24, 2.45) is 7.05 Å². The fraction of sp³-hybridized carbons (Fsp3) is 0.300. The molecule has 1 saturated carbocycles. The number of amides is 1. The number of hydrogen-bond donors (Lipinski definition) is 2. The van der Waals surface area contributed by atoms with Gasteiger partial charge in [-0.1, -0.05) is 45.4 Å². The third-order valence-corrected chi connectivity index (χ3v) is 6.75. The molecule has 0 unspecified atom stereocenters. The van der Waals surface area contributed by atoms with Crippen molar-refractivity contribution < 1.29 is 4.79 Å². The number of carbonyl (C=O) groups excluding carboxylic acids is 1. The van der Waals surface area contributed by atoms with Gasteiger partial charge in [0.1, 0.15) is 5.82 Å². The number of nitrogens with one attached hydrogen (secondary N) is 2. The largest absolute Gasteiger partial charge is 0.339 e. The van der Waals surface area contributed by atoms with Crippen LogP contribution in [-0.2, 0) is 7.05 Å². The van der Waals surface area contributed by atoms with Gasteiger partial charge in [0.15, 0.2) is 0 Å². The number of aromatic nitrogens is 1. The molecule has 0 spiro atoms. The maximum absolute atomic E-state index is 12.6. The first-order valence-electron chi connectivity index (χ1n) is 8.78. The second kappa shape index (κ2) is 8.35. The molecular weight excluding hydrogens is 462 g/mol. The highest BCUT2D eigenvalue weighted by molar-refractivity contribution is 9.10. The molecule has 0 saturated heterocycles. The Bertz CT molecular complexity index is 1000. The SMILES string of the molecule is C=CCC1(SC(=O)Nc2cc(C)c(=O)n(C)c2Nc2ccc(Br)cc2Cl)CC1. The first-order chi connectivity index (χ1) is 13.2. The van der Waals surface area contributed by atoms with Crippen LogP contribution >= 0.6 is 39.3 Å². The monoisotopic (exact) mass is 481 g/mol. The third kappa shape index (κ3) is 4.64. The molecule has 1 aliphatic carbocycles. The Kier molecular flexibility index (Phi) is 6.27. The summed E-state index contributed by atoms with van der Waals surface area (Å²) in [6.07, 6.45) is 4.66. The molecule has 1 aromatic carbocycles. The van der Waals surface area contributed by atoms with Crippen LogP contribution in [0.2, 0.25) is 5.02 Å². The van der Waals surface area contributed by atoms with Crippen LogP contribution in [0.5, 0.6) is 0 Å². The normalized spacial score (nSPS) is 14.4. The molecule has 1 aromatic heterocycles. The molecule has 0 bridgehead atoms. The summed E-state index contributed by atoms with van der Waals surface area (Å²) < 4.78 is 2.29. The number of rotatable bonds is 6. The number of thioether (sulfide) groups is 1. The van der Waals surface area contributed by atoms with E-state index in [0.717, 1.165) is 23.7 Å². The number of allylic oxidation sites excluding steroid dienone is 1. The van der Waals surface area contributed by atoms with E-state index >= 15 is 0 Å². The van der Waals surface area contributed by atoms with Crippen LogP contribution in [0, 0.1) is 6.92 Å². The number of nitrogens with zero attached hydrogens (tertiary/aromatic N) is 1. The Morgan fingerprint density at radius 3 is 2.71 bits per heavy atom. The maximum atomic E-state index is 12.6. The van der Waals surface area contributed by atoms with Crippen molar-refractivity contribution in [1.82, 2.24) is 4.57 Å². The zero-order valence-electron chi connectivity index (χ0n) is 15.6. The van der Waals surface area contributed by atoms with Gasteiger partial charge in [0.2, 0.25) is 0 Å². The fourth-order valence-electron chi connectivity index (χ4n) is 2.94. The second-order valence-electron chi connectivity index (χ2n) is 6.89. The van der Waals surface area contributed by atoms with Crippen LogP contribution < -0.4 is 16.2 Å². The smallest absolute Gasteiger partial charge is 0.284 e. The van der Waals surface area contributed by atoms with Gasteiger partial charge >= 0.3 is 0 Å². The molecule has 3 rings (SSSR count). The Morgan fingerprint density at radius 2 is 2.11 bits per heavy atom. The number of benzene rings is 1. The Hall–Kier alpha value is -1.70. The summed E-state index contributed by atoms with van der Waals surface area (Å²) in [6.45, 7) is 5.50. The van der Waals surface area contributed by atoms with Crippen LogP contribution in [0.15, 0.2) is 46.2 Å². The number of halogens is 2. The average Bonchev–Trinajstić information content (AvgIpc) is 3.37. The van der Waals surface area contributed by atoms with Crippen molar-refractivity contribution >= 4 is 61.7 Å². The van der Waals surface area contributed by atoms with Gasteiger partial charge in [-0.25, -0.2) is 0 Å². The fourth-order valence-corrected chi connectivity index (χ4v) is 4.72. The zero-order chi connectivity index (χ0) is 20.5. The Morgan fingerprint density at radius 1 is 1.39 bits per heavy atom. The van der Waals surface area contributed by atoms with Crippen LogP contribution in [0.3, 0.4) is 0 Å². The van der Waals surface area contributed by atoms with Gasteiger partial charge in [-0.2, -0.15) is 0 Å². The predicted molar refractivity (Wildman–Crippen MR) is 122 cm³/mol. The summed E-state index contributed by atoms with van der Waals surface area (Å²) in [6, 6.07) is 7.10. The first-order valence-corrected chi connectivity index (χ1v) is 10.8. The lowest BCUT2D eigenvalue weighted by molar-refractivity contribution is 0.269. The van der Waals surface area contributed by atoms with Gasteiger partial charge in [0, 0.05) is 21.8 Å². The van der Waals surface area contributed by atoms with E-state index < -0.39 is 0 Å².